The van der Waals surface area contributed by atoms with Gasteiger partial charge in [-0.2, -0.15) is 5.26 Å². The smallest absolute Gasteiger partial charge is 0.234 e. The molecule has 7 nitrogen and oxygen atoms in total. The third-order valence-corrected chi connectivity index (χ3v) is 6.04. The van der Waals surface area contributed by atoms with Crippen molar-refractivity contribution in [3.05, 3.63) is 24.3 Å². The van der Waals surface area contributed by atoms with Gasteiger partial charge in [0.1, 0.15) is 11.1 Å². The van der Waals surface area contributed by atoms with Gasteiger partial charge in [-0.15, -0.1) is 10.2 Å². The molecule has 2 atom stereocenters. The first-order valence-corrected chi connectivity index (χ1v) is 10.2. The molecule has 0 fully saturated rings. The predicted molar refractivity (Wildman–Crippen MR) is 111 cm³/mol. The van der Waals surface area contributed by atoms with Gasteiger partial charge >= 0.3 is 0 Å². The largest absolute Gasteiger partial charge is 0.337 e. The number of amides is 1. The molecule has 0 aliphatic rings. The summed E-state index contributed by atoms with van der Waals surface area (Å²) >= 11 is 1.24. The van der Waals surface area contributed by atoms with Gasteiger partial charge in [-0.3, -0.25) is 4.79 Å². The van der Waals surface area contributed by atoms with E-state index in [-0.39, 0.29) is 11.8 Å². The van der Waals surface area contributed by atoms with Crippen LogP contribution in [-0.2, 0) is 11.3 Å². The molecular formula is C20H24N6OS. The summed E-state index contributed by atoms with van der Waals surface area (Å²) in [6.45, 7) is 10.2. The number of para-hydroxylation sites is 1. The van der Waals surface area contributed by atoms with Crippen LogP contribution < -0.4 is 5.32 Å². The van der Waals surface area contributed by atoms with E-state index in [9.17, 15) is 10.1 Å². The minimum atomic E-state index is -0.913. The number of nitrogens with one attached hydrogen (secondary N) is 1. The Kier molecular flexibility index (Phi) is 5.57. The molecule has 2 heterocycles. The molecule has 2 aromatic heterocycles. The van der Waals surface area contributed by atoms with Crippen LogP contribution in [-0.4, -0.2) is 36.4 Å². The molecule has 0 spiro atoms. The van der Waals surface area contributed by atoms with E-state index in [2.05, 4.69) is 38.1 Å². The summed E-state index contributed by atoms with van der Waals surface area (Å²) in [6, 6.07) is 10.2. The van der Waals surface area contributed by atoms with Gasteiger partial charge in [-0.25, -0.2) is 4.98 Å². The maximum absolute atomic E-state index is 12.6. The van der Waals surface area contributed by atoms with Crippen LogP contribution in [0.1, 0.15) is 34.6 Å². The summed E-state index contributed by atoms with van der Waals surface area (Å²) in [5, 5.41) is 21.9. The maximum atomic E-state index is 12.6. The lowest BCUT2D eigenvalue weighted by Gasteiger charge is -2.28. The second-order valence-electron chi connectivity index (χ2n) is 7.25. The van der Waals surface area contributed by atoms with Crippen LogP contribution in [0.3, 0.4) is 0 Å². The molecule has 0 bridgehead atoms. The van der Waals surface area contributed by atoms with Crippen molar-refractivity contribution < 1.29 is 4.79 Å². The summed E-state index contributed by atoms with van der Waals surface area (Å²) in [7, 11) is 0. The molecule has 0 radical (unpaired) electrons. The zero-order chi connectivity index (χ0) is 20.5. The van der Waals surface area contributed by atoms with Gasteiger partial charge in [0.15, 0.2) is 5.65 Å². The summed E-state index contributed by atoms with van der Waals surface area (Å²) < 4.78 is 2.10. The fourth-order valence-corrected chi connectivity index (χ4v) is 3.64. The third-order valence-electron chi connectivity index (χ3n) is 5.09. The molecule has 3 aromatic rings. The number of carbonyl (C=O) groups is 1. The van der Waals surface area contributed by atoms with E-state index in [4.69, 9.17) is 0 Å². The lowest BCUT2D eigenvalue weighted by Crippen LogP contribution is -2.51. The van der Waals surface area contributed by atoms with Crippen LogP contribution in [0.2, 0.25) is 0 Å². The van der Waals surface area contributed by atoms with Crippen molar-refractivity contribution >= 4 is 39.7 Å². The Morgan fingerprint density at radius 1 is 1.32 bits per heavy atom. The molecule has 1 aromatic carbocycles. The molecule has 1 amide bonds. The van der Waals surface area contributed by atoms with E-state index in [0.717, 1.165) is 28.6 Å². The molecule has 8 heteroatoms. The topological polar surface area (TPSA) is 96.5 Å². The van der Waals surface area contributed by atoms with Gasteiger partial charge in [0.05, 0.1) is 16.8 Å². The van der Waals surface area contributed by atoms with E-state index in [1.54, 1.807) is 13.8 Å². The lowest BCUT2D eigenvalue weighted by atomic mass is 9.90. The SMILES string of the molecule is CCn1c2ccccc2c2nnc(S[C@H](C)C(=O)N[C@@](C)(C#N)C(C)C)nc21. The second-order valence-corrected chi connectivity index (χ2v) is 8.55. The number of nitrogens with zero attached hydrogens (tertiary/aromatic N) is 5. The van der Waals surface area contributed by atoms with E-state index in [0.29, 0.717) is 5.16 Å². The van der Waals surface area contributed by atoms with Crippen molar-refractivity contribution in [2.45, 2.75) is 57.1 Å². The van der Waals surface area contributed by atoms with Crippen molar-refractivity contribution in [2.75, 3.05) is 0 Å². The number of thioether (sulfide) groups is 1. The molecule has 0 aliphatic carbocycles. The van der Waals surface area contributed by atoms with E-state index >= 15 is 0 Å². The van der Waals surface area contributed by atoms with Gasteiger partial charge in [-0.05, 0) is 32.8 Å². The summed E-state index contributed by atoms with van der Waals surface area (Å²) in [4.78, 5) is 17.3. The number of rotatable bonds is 6. The molecule has 0 saturated carbocycles. The van der Waals surface area contributed by atoms with Crippen LogP contribution in [0.25, 0.3) is 22.1 Å². The van der Waals surface area contributed by atoms with E-state index in [1.165, 1.54) is 11.8 Å². The highest BCUT2D eigenvalue weighted by molar-refractivity contribution is 8.00. The zero-order valence-electron chi connectivity index (χ0n) is 16.7. The number of hydrogen-bond donors (Lipinski definition) is 1. The molecule has 146 valence electrons. The molecule has 28 heavy (non-hydrogen) atoms. The average Bonchev–Trinajstić information content (AvgIpc) is 3.00. The molecule has 1 N–H and O–H groups in total. The summed E-state index contributed by atoms with van der Waals surface area (Å²) in [5.74, 6) is -0.226. The van der Waals surface area contributed by atoms with E-state index in [1.807, 2.05) is 38.1 Å². The van der Waals surface area contributed by atoms with E-state index < -0.39 is 10.8 Å². The normalized spacial score (nSPS) is 14.8. The summed E-state index contributed by atoms with van der Waals surface area (Å²) in [5.41, 5.74) is 1.67. The van der Waals surface area contributed by atoms with Crippen LogP contribution in [0.4, 0.5) is 0 Å². The predicted octanol–water partition coefficient (Wildman–Crippen LogP) is 3.53. The second kappa shape index (κ2) is 7.76. The molecule has 0 saturated heterocycles. The number of fused-ring (bicyclic) bond motifs is 3. The minimum Gasteiger partial charge on any atom is -0.337 e. The van der Waals surface area contributed by atoms with Crippen molar-refractivity contribution in [2.24, 2.45) is 5.92 Å². The van der Waals surface area contributed by atoms with Crippen molar-refractivity contribution in [3.8, 4) is 6.07 Å². The first-order valence-electron chi connectivity index (χ1n) is 9.32. The highest BCUT2D eigenvalue weighted by atomic mass is 32.2. The van der Waals surface area contributed by atoms with Gasteiger partial charge in [0, 0.05) is 11.9 Å². The van der Waals surface area contributed by atoms with Crippen molar-refractivity contribution in [1.82, 2.24) is 25.1 Å². The minimum absolute atomic E-state index is 0.00632. The monoisotopic (exact) mass is 396 g/mol. The Bertz CT molecular complexity index is 1070. The Balaban J connectivity index is 1.87. The average molecular weight is 397 g/mol. The quantitative estimate of drug-likeness (QED) is 0.640. The molecule has 0 unspecified atom stereocenters. The van der Waals surface area contributed by atoms with Gasteiger partial charge in [0.25, 0.3) is 0 Å². The lowest BCUT2D eigenvalue weighted by molar-refractivity contribution is -0.121. The fraction of sp³-hybridized carbons (Fsp3) is 0.450. The van der Waals surface area contributed by atoms with Crippen LogP contribution in [0.15, 0.2) is 29.4 Å². The summed E-state index contributed by atoms with van der Waals surface area (Å²) in [6.07, 6.45) is 0. The Hall–Kier alpha value is -2.66. The third kappa shape index (κ3) is 3.54. The standard InChI is InChI=1S/C20H24N6OS/c1-6-26-15-10-8-7-9-14(15)16-17(26)22-19(25-24-16)28-13(4)18(27)23-20(5,11-21)12(2)3/h7-10,12-13H,6H2,1-5H3,(H,23,27)/t13-,20+/m1/s1. The molecular weight excluding hydrogens is 372 g/mol. The first-order chi connectivity index (χ1) is 13.3. The number of hydrogen-bond acceptors (Lipinski definition) is 6. The van der Waals surface area contributed by atoms with Gasteiger partial charge < -0.3 is 9.88 Å². The Morgan fingerprint density at radius 2 is 2.04 bits per heavy atom. The highest BCUT2D eigenvalue weighted by Crippen LogP contribution is 2.28. The molecule has 3 rings (SSSR count). The van der Waals surface area contributed by atoms with Crippen LogP contribution in [0, 0.1) is 17.2 Å². The van der Waals surface area contributed by atoms with Crippen LogP contribution in [0.5, 0.6) is 0 Å². The Morgan fingerprint density at radius 3 is 2.68 bits per heavy atom. The van der Waals surface area contributed by atoms with Crippen LogP contribution >= 0.6 is 11.8 Å². The van der Waals surface area contributed by atoms with Crippen molar-refractivity contribution in [1.29, 1.82) is 5.26 Å². The number of benzene rings is 1. The Labute approximate surface area is 168 Å². The fourth-order valence-electron chi connectivity index (χ4n) is 2.93. The molecule has 0 aliphatic heterocycles. The first kappa shape index (κ1) is 20.1. The van der Waals surface area contributed by atoms with Gasteiger partial charge in [-0.1, -0.05) is 43.8 Å². The number of aromatic nitrogens is 4. The number of carbonyl (C=O) groups excluding carboxylic acids is 1. The van der Waals surface area contributed by atoms with Crippen molar-refractivity contribution in [3.63, 3.8) is 0 Å². The maximum Gasteiger partial charge on any atom is 0.234 e. The number of aryl methyl sites for hydroxylation is 1. The highest BCUT2D eigenvalue weighted by Gasteiger charge is 2.32. The number of nitriles is 1. The zero-order valence-corrected chi connectivity index (χ0v) is 17.5. The van der Waals surface area contributed by atoms with Gasteiger partial charge in [0.2, 0.25) is 11.1 Å².